The number of amidine groups is 1. The molecule has 4 N–H and O–H groups in total. The number of aromatic nitrogens is 3. The van der Waals surface area contributed by atoms with E-state index in [9.17, 15) is 27.9 Å². The minimum absolute atomic E-state index is 0. The Bertz CT molecular complexity index is 2170. The van der Waals surface area contributed by atoms with E-state index in [4.69, 9.17) is 61.7 Å². The Kier molecular flexibility index (Phi) is 36.6. The minimum atomic E-state index is -4.10. The van der Waals surface area contributed by atoms with Crippen molar-refractivity contribution in [2.24, 2.45) is 5.10 Å². The van der Waals surface area contributed by atoms with Crippen molar-refractivity contribution >= 4 is 34.4 Å². The average Bonchev–Trinajstić information content (AvgIpc) is 4.06. The number of benzene rings is 2. The number of hydrazone groups is 1. The Morgan fingerprint density at radius 2 is 1.44 bits per heavy atom. The van der Waals surface area contributed by atoms with E-state index in [-0.39, 0.29) is 105 Å². The van der Waals surface area contributed by atoms with Crippen LogP contribution in [0.25, 0.3) is 10.7 Å². The van der Waals surface area contributed by atoms with E-state index in [0.29, 0.717) is 129 Å². The zero-order valence-electron chi connectivity index (χ0n) is 42.9. The third kappa shape index (κ3) is 31.8. The molecule has 1 aliphatic rings. The molecule has 30 heteroatoms. The minimum Gasteiger partial charge on any atom is -0.693 e. The topological polar surface area (TPSA) is 289 Å². The molecule has 1 radical (unpaired) electrons. The number of halogens is 3. The summed E-state index contributed by atoms with van der Waals surface area (Å²) in [5, 5.41) is 30.6. The van der Waals surface area contributed by atoms with Gasteiger partial charge in [-0.1, -0.05) is 41.4 Å². The first-order chi connectivity index (χ1) is 36.9. The molecule has 24 nitrogen and oxygen atoms in total. The van der Waals surface area contributed by atoms with E-state index in [1.807, 2.05) is 30.3 Å². The SMILES string of the molecule is C[N-]/C=C(/C=N\NC1CCC(COPCP(=O)(O)O)O1)C(=[N-])NC(COCCOCCOCCOCCOCc1cn(CCOCCOCCOCCOCCC(=O)Oc2c(F)cc(F)cc2F)nn1)c1ccccc1.[Y]. The fourth-order valence-corrected chi connectivity index (χ4v) is 7.72. The summed E-state index contributed by atoms with van der Waals surface area (Å²) in [7, 11) is -2.84. The second-order valence-corrected chi connectivity index (χ2v) is 19.3. The van der Waals surface area contributed by atoms with Crippen molar-refractivity contribution in [3.05, 3.63) is 99.9 Å². The van der Waals surface area contributed by atoms with Crippen LogP contribution < -0.4 is 15.5 Å². The van der Waals surface area contributed by atoms with Crippen LogP contribution in [-0.4, -0.2) is 187 Å². The van der Waals surface area contributed by atoms with Crippen molar-refractivity contribution in [3.8, 4) is 5.75 Å². The molecule has 4 rings (SSSR count). The molecular formula is C47H69F3N8O16P2Y-2. The first-order valence-electron chi connectivity index (χ1n) is 24.3. The van der Waals surface area contributed by atoms with Crippen LogP contribution in [0.1, 0.15) is 36.6 Å². The summed E-state index contributed by atoms with van der Waals surface area (Å²) in [4.78, 5) is 29.7. The molecule has 77 heavy (non-hydrogen) atoms. The standard InChI is InChI=1S/C47H69F3N8O16P2.Y/c1-52-29-37(30-53-56-44-8-7-40(73-44)33-72-75-35-76(60,61)62)47(51)54-43(36-5-3-2-4-6-36)34-71-26-24-69-22-20-67-19-21-68-23-25-70-32-39-31-58(57-55-39)10-12-64-14-16-66-18-17-65-15-13-63-11-9-45(59)74-46-41(49)27-38(48)28-42(46)50;/h2-6,27-31,40,43-44,75H,7-26,32-35H2,1H3,(H4-2,51,52,53,54,55,56,57,60,61,62);/q-2;. The van der Waals surface area contributed by atoms with Crippen LogP contribution in [0.4, 0.5) is 13.2 Å². The number of nitrogens with zero attached hydrogens (tertiary/aromatic N) is 6. The number of carbonyl (C=O) groups is 1. The molecule has 1 saturated heterocycles. The van der Waals surface area contributed by atoms with Gasteiger partial charge in [-0.05, 0) is 24.0 Å². The van der Waals surface area contributed by atoms with Gasteiger partial charge in [0.1, 0.15) is 17.7 Å². The molecule has 4 unspecified atom stereocenters. The summed E-state index contributed by atoms with van der Waals surface area (Å²) < 4.78 is 119. The maximum atomic E-state index is 13.6. The summed E-state index contributed by atoms with van der Waals surface area (Å²) in [5.41, 5.74) is 4.78. The second-order valence-electron chi connectivity index (χ2n) is 16.1. The van der Waals surface area contributed by atoms with Gasteiger partial charge >= 0.3 is 13.6 Å². The fourth-order valence-electron chi connectivity index (χ4n) is 6.38. The first-order valence-corrected chi connectivity index (χ1v) is 27.3. The van der Waals surface area contributed by atoms with Crippen LogP contribution in [0.5, 0.6) is 5.75 Å². The van der Waals surface area contributed by atoms with Crippen molar-refractivity contribution in [1.82, 2.24) is 25.7 Å². The van der Waals surface area contributed by atoms with Crippen molar-refractivity contribution in [2.45, 2.75) is 50.8 Å². The molecule has 3 aromatic rings. The maximum absolute atomic E-state index is 13.6. The number of rotatable bonds is 44. The van der Waals surface area contributed by atoms with Gasteiger partial charge in [0.2, 0.25) is 5.75 Å². The van der Waals surface area contributed by atoms with E-state index in [2.05, 4.69) is 36.2 Å². The molecular weight excluding hydrogens is 1140 g/mol. The molecule has 2 aromatic carbocycles. The third-order valence-electron chi connectivity index (χ3n) is 10.0. The van der Waals surface area contributed by atoms with Crippen molar-refractivity contribution in [1.29, 1.82) is 0 Å². The van der Waals surface area contributed by atoms with Crippen molar-refractivity contribution in [3.63, 3.8) is 0 Å². The summed E-state index contributed by atoms with van der Waals surface area (Å²) in [6, 6.07) is 9.95. The number of esters is 1. The maximum Gasteiger partial charge on any atom is 0.331 e. The van der Waals surface area contributed by atoms with Crippen LogP contribution in [-0.2, 0) is 107 Å². The predicted octanol–water partition coefficient (Wildman–Crippen LogP) is 4.35. The molecule has 0 amide bonds. The van der Waals surface area contributed by atoms with Gasteiger partial charge in [0.05, 0.1) is 163 Å². The van der Waals surface area contributed by atoms with Gasteiger partial charge in [-0.3, -0.25) is 14.8 Å². The van der Waals surface area contributed by atoms with E-state index in [1.165, 1.54) is 12.4 Å². The van der Waals surface area contributed by atoms with Gasteiger partial charge in [-0.2, -0.15) is 11.3 Å². The number of hydrogen-bond acceptors (Lipinski definition) is 18. The van der Waals surface area contributed by atoms with Crippen molar-refractivity contribution in [2.75, 3.05) is 132 Å². The normalized spacial score (nSPS) is 15.3. The molecule has 0 bridgehead atoms. The number of carbonyl (C=O) groups excluding carboxylic acids is 1. The van der Waals surface area contributed by atoms with Gasteiger partial charge in [0.25, 0.3) is 0 Å². The smallest absolute Gasteiger partial charge is 0.331 e. The Labute approximate surface area is 472 Å². The van der Waals surface area contributed by atoms with Crippen LogP contribution in [0.3, 0.4) is 0 Å². The molecule has 0 spiro atoms. The van der Waals surface area contributed by atoms with E-state index in [1.54, 1.807) is 17.9 Å². The largest absolute Gasteiger partial charge is 0.693 e. The van der Waals surface area contributed by atoms with Crippen LogP contribution in [0.2, 0.25) is 0 Å². The number of nitrogens with one attached hydrogen (secondary N) is 2. The third-order valence-corrected chi connectivity index (χ3v) is 12.6. The summed E-state index contributed by atoms with van der Waals surface area (Å²) >= 11 is 0. The fraction of sp³-hybridized carbons (Fsp3) is 0.596. The first kappa shape index (κ1) is 67.8. The Morgan fingerprint density at radius 1 is 0.870 bits per heavy atom. The van der Waals surface area contributed by atoms with Gasteiger partial charge in [-0.25, -0.2) is 17.9 Å². The summed E-state index contributed by atoms with van der Waals surface area (Å²) in [5.74, 6) is -6.11. The molecule has 1 fully saturated rings. The van der Waals surface area contributed by atoms with E-state index < -0.39 is 49.0 Å². The van der Waals surface area contributed by atoms with Gasteiger partial charge in [0.15, 0.2) is 11.6 Å². The quantitative estimate of drug-likeness (QED) is 0.0116. The van der Waals surface area contributed by atoms with E-state index >= 15 is 0 Å². The molecule has 0 aliphatic carbocycles. The monoisotopic (exact) mass is 1210 g/mol. The van der Waals surface area contributed by atoms with Crippen LogP contribution in [0.15, 0.2) is 65.5 Å². The molecule has 0 saturated carbocycles. The average molecular weight is 1210 g/mol. The molecule has 1 aromatic heterocycles. The van der Waals surface area contributed by atoms with Gasteiger partial charge in [0, 0.05) is 59.7 Å². The van der Waals surface area contributed by atoms with Crippen molar-refractivity contribution < 1.29 is 122 Å². The molecule has 2 heterocycles. The zero-order chi connectivity index (χ0) is 54.5. The Morgan fingerprint density at radius 3 is 2.04 bits per heavy atom. The zero-order valence-corrected chi connectivity index (χ0v) is 47.7. The Balaban J connectivity index is 0.0000156. The number of hydrogen-bond donors (Lipinski definition) is 4. The molecule has 4 atom stereocenters. The summed E-state index contributed by atoms with van der Waals surface area (Å²) in [6.07, 6.45) is 5.11. The molecule has 1 aliphatic heterocycles. The summed E-state index contributed by atoms with van der Waals surface area (Å²) in [6.45, 7) is 6.30. The van der Waals surface area contributed by atoms with E-state index in [0.717, 1.165) is 5.56 Å². The van der Waals surface area contributed by atoms with Crippen LogP contribution >= 0.6 is 16.4 Å². The molecule has 429 valence electrons. The Hall–Kier alpha value is -3.44. The van der Waals surface area contributed by atoms with Gasteiger partial charge in [-0.15, -0.1) is 12.1 Å². The predicted molar refractivity (Wildman–Crippen MR) is 272 cm³/mol. The van der Waals surface area contributed by atoms with Crippen LogP contribution in [0, 0.1) is 17.5 Å². The second kappa shape index (κ2) is 41.6. The number of ether oxygens (including phenoxy) is 11. The van der Waals surface area contributed by atoms with Gasteiger partial charge < -0.3 is 82.5 Å².